The van der Waals surface area contributed by atoms with Gasteiger partial charge in [-0.2, -0.15) is 45.5 Å². The standard InChI is InChI=1S/C8H10F5NOS2/c9-7(10,8(11,12)13)6(15)14-3-5-4-16-1-2-17-5/h5H,1-4H2,(H,14,15). The minimum Gasteiger partial charge on any atom is -0.349 e. The van der Waals surface area contributed by atoms with Crippen LogP contribution in [0.5, 0.6) is 0 Å². The number of alkyl halides is 5. The number of amides is 1. The van der Waals surface area contributed by atoms with E-state index in [1.807, 2.05) is 0 Å². The molecule has 1 aliphatic heterocycles. The summed E-state index contributed by atoms with van der Waals surface area (Å²) in [5.74, 6) is -5.22. The van der Waals surface area contributed by atoms with Crippen LogP contribution in [0.25, 0.3) is 0 Å². The molecule has 1 fully saturated rings. The molecule has 2 nitrogen and oxygen atoms in total. The lowest BCUT2D eigenvalue weighted by atomic mass is 10.3. The third kappa shape index (κ3) is 3.90. The summed E-state index contributed by atoms with van der Waals surface area (Å²) in [5, 5.41) is 1.55. The highest BCUT2D eigenvalue weighted by molar-refractivity contribution is 8.06. The highest BCUT2D eigenvalue weighted by Gasteiger charge is 2.63. The molecule has 1 amide bonds. The van der Waals surface area contributed by atoms with E-state index in [-0.39, 0.29) is 11.8 Å². The summed E-state index contributed by atoms with van der Waals surface area (Å²) >= 11 is 3.05. The molecule has 0 radical (unpaired) electrons. The van der Waals surface area contributed by atoms with Crippen LogP contribution in [-0.2, 0) is 4.79 Å². The van der Waals surface area contributed by atoms with Gasteiger partial charge in [0.05, 0.1) is 0 Å². The number of carbonyl (C=O) groups is 1. The van der Waals surface area contributed by atoms with Gasteiger partial charge in [0.2, 0.25) is 0 Å². The molecule has 0 bridgehead atoms. The average Bonchev–Trinajstić information content (AvgIpc) is 2.25. The number of hydrogen-bond acceptors (Lipinski definition) is 3. The number of thioether (sulfide) groups is 2. The Morgan fingerprint density at radius 3 is 2.35 bits per heavy atom. The van der Waals surface area contributed by atoms with E-state index < -0.39 is 18.0 Å². The Morgan fingerprint density at radius 1 is 1.24 bits per heavy atom. The lowest BCUT2D eigenvalue weighted by molar-refractivity contribution is -0.269. The largest absolute Gasteiger partial charge is 0.463 e. The monoisotopic (exact) mass is 295 g/mol. The summed E-state index contributed by atoms with van der Waals surface area (Å²) < 4.78 is 60.5. The van der Waals surface area contributed by atoms with E-state index in [0.717, 1.165) is 11.5 Å². The molecule has 1 N–H and O–H groups in total. The smallest absolute Gasteiger partial charge is 0.349 e. The third-order valence-electron chi connectivity index (χ3n) is 2.02. The molecule has 1 rings (SSSR count). The molecule has 0 aliphatic carbocycles. The van der Waals surface area contributed by atoms with Crippen LogP contribution in [0.1, 0.15) is 0 Å². The maximum absolute atomic E-state index is 12.5. The van der Waals surface area contributed by atoms with Crippen molar-refractivity contribution in [1.29, 1.82) is 0 Å². The zero-order chi connectivity index (χ0) is 13.1. The molecule has 1 aliphatic rings. The van der Waals surface area contributed by atoms with E-state index in [9.17, 15) is 26.7 Å². The van der Waals surface area contributed by atoms with Gasteiger partial charge >= 0.3 is 12.1 Å². The van der Waals surface area contributed by atoms with Crippen LogP contribution in [0.3, 0.4) is 0 Å². The summed E-state index contributed by atoms with van der Waals surface area (Å²) in [7, 11) is 0. The molecule has 0 aromatic heterocycles. The van der Waals surface area contributed by atoms with Gasteiger partial charge in [0, 0.05) is 29.1 Å². The second-order valence-electron chi connectivity index (χ2n) is 3.35. The zero-order valence-corrected chi connectivity index (χ0v) is 10.2. The van der Waals surface area contributed by atoms with Crippen molar-refractivity contribution in [2.45, 2.75) is 17.3 Å². The molecule has 1 saturated heterocycles. The Balaban J connectivity index is 2.43. The zero-order valence-electron chi connectivity index (χ0n) is 8.52. The first kappa shape index (κ1) is 14.9. The Hall–Kier alpha value is -0.180. The fourth-order valence-electron chi connectivity index (χ4n) is 1.10. The van der Waals surface area contributed by atoms with Crippen molar-refractivity contribution in [3.8, 4) is 0 Å². The first-order valence-corrected chi connectivity index (χ1v) is 6.87. The highest BCUT2D eigenvalue weighted by atomic mass is 32.2. The van der Waals surface area contributed by atoms with Gasteiger partial charge < -0.3 is 5.32 Å². The average molecular weight is 295 g/mol. The van der Waals surface area contributed by atoms with Crippen molar-refractivity contribution in [3.63, 3.8) is 0 Å². The van der Waals surface area contributed by atoms with E-state index in [2.05, 4.69) is 0 Å². The molecule has 0 aromatic rings. The van der Waals surface area contributed by atoms with Crippen molar-refractivity contribution in [2.24, 2.45) is 0 Å². The van der Waals surface area contributed by atoms with Crippen LogP contribution in [0, 0.1) is 0 Å². The van der Waals surface area contributed by atoms with Crippen molar-refractivity contribution in [1.82, 2.24) is 5.32 Å². The van der Waals surface area contributed by atoms with Crippen molar-refractivity contribution < 1.29 is 26.7 Å². The molecule has 0 aromatic carbocycles. The molecule has 0 saturated carbocycles. The Kier molecular flexibility index (Phi) is 4.94. The van der Waals surface area contributed by atoms with Crippen LogP contribution < -0.4 is 5.32 Å². The summed E-state index contributed by atoms with van der Waals surface area (Å²) in [6.07, 6.45) is -5.84. The molecular formula is C8H10F5NOS2. The Bertz CT molecular complexity index is 278. The number of rotatable bonds is 3. The van der Waals surface area contributed by atoms with Crippen molar-refractivity contribution in [2.75, 3.05) is 23.8 Å². The minimum atomic E-state index is -5.84. The van der Waals surface area contributed by atoms with E-state index in [4.69, 9.17) is 0 Å². The first-order chi connectivity index (χ1) is 7.75. The molecule has 17 heavy (non-hydrogen) atoms. The predicted octanol–water partition coefficient (Wildman–Crippen LogP) is 2.15. The van der Waals surface area contributed by atoms with Gasteiger partial charge in [0.25, 0.3) is 5.91 Å². The Labute approximate surface area is 103 Å². The third-order valence-corrected chi connectivity index (χ3v) is 4.86. The van der Waals surface area contributed by atoms with E-state index in [1.165, 1.54) is 11.8 Å². The maximum Gasteiger partial charge on any atom is 0.463 e. The van der Waals surface area contributed by atoms with Gasteiger partial charge in [-0.15, -0.1) is 0 Å². The van der Waals surface area contributed by atoms with Crippen molar-refractivity contribution >= 4 is 29.4 Å². The minimum absolute atomic E-state index is 0.110. The summed E-state index contributed by atoms with van der Waals surface area (Å²) in [4.78, 5) is 10.8. The van der Waals surface area contributed by atoms with E-state index in [1.54, 1.807) is 17.1 Å². The van der Waals surface area contributed by atoms with Gasteiger partial charge in [-0.3, -0.25) is 4.79 Å². The lowest BCUT2D eigenvalue weighted by Crippen LogP contribution is -2.51. The number of halogens is 5. The quantitative estimate of drug-likeness (QED) is 0.809. The van der Waals surface area contributed by atoms with E-state index >= 15 is 0 Å². The van der Waals surface area contributed by atoms with Gasteiger partial charge in [-0.05, 0) is 0 Å². The topological polar surface area (TPSA) is 29.1 Å². The highest BCUT2D eigenvalue weighted by Crippen LogP contribution is 2.35. The van der Waals surface area contributed by atoms with Gasteiger partial charge in [-0.1, -0.05) is 0 Å². The second kappa shape index (κ2) is 5.64. The summed E-state index contributed by atoms with van der Waals surface area (Å²) in [6, 6.07) is 0. The Morgan fingerprint density at radius 2 is 1.88 bits per heavy atom. The molecule has 1 heterocycles. The molecule has 100 valence electrons. The van der Waals surface area contributed by atoms with Crippen molar-refractivity contribution in [3.05, 3.63) is 0 Å². The number of hydrogen-bond donors (Lipinski definition) is 1. The van der Waals surface area contributed by atoms with Crippen LogP contribution >= 0.6 is 23.5 Å². The molecule has 1 atom stereocenters. The van der Waals surface area contributed by atoms with Crippen LogP contribution in [0.2, 0.25) is 0 Å². The SMILES string of the molecule is O=C(NCC1CSCCS1)C(F)(F)C(F)(F)F. The van der Waals surface area contributed by atoms with Crippen LogP contribution in [-0.4, -0.2) is 47.1 Å². The van der Waals surface area contributed by atoms with Gasteiger partial charge in [-0.25, -0.2) is 0 Å². The lowest BCUT2D eigenvalue weighted by Gasteiger charge is -2.23. The summed E-state index contributed by atoms with van der Waals surface area (Å²) in [6.45, 7) is -0.165. The molecule has 0 spiro atoms. The van der Waals surface area contributed by atoms with Gasteiger partial charge in [0.1, 0.15) is 0 Å². The summed E-state index contributed by atoms with van der Waals surface area (Å²) in [5.41, 5.74) is 0. The first-order valence-electron chi connectivity index (χ1n) is 4.67. The normalized spacial score (nSPS) is 22.3. The maximum atomic E-state index is 12.5. The van der Waals surface area contributed by atoms with Crippen LogP contribution in [0.15, 0.2) is 0 Å². The molecule has 1 unspecified atom stereocenters. The second-order valence-corrected chi connectivity index (χ2v) is 5.91. The van der Waals surface area contributed by atoms with Crippen LogP contribution in [0.4, 0.5) is 22.0 Å². The fourth-order valence-corrected chi connectivity index (χ4v) is 3.71. The fraction of sp³-hybridized carbons (Fsp3) is 0.875. The molecule has 9 heteroatoms. The van der Waals surface area contributed by atoms with Gasteiger partial charge in [0.15, 0.2) is 0 Å². The number of carbonyl (C=O) groups excluding carboxylic acids is 1. The predicted molar refractivity (Wildman–Crippen MR) is 57.6 cm³/mol. The van der Waals surface area contributed by atoms with E-state index in [0.29, 0.717) is 5.75 Å². The number of nitrogens with one attached hydrogen (secondary N) is 1. The molecular weight excluding hydrogens is 285 g/mol.